The first-order chi connectivity index (χ1) is 5.61. The van der Waals surface area contributed by atoms with E-state index in [1.165, 1.54) is 6.92 Å². The van der Waals surface area contributed by atoms with Crippen molar-refractivity contribution in [3.8, 4) is 0 Å². The van der Waals surface area contributed by atoms with Crippen LogP contribution in [0.5, 0.6) is 0 Å². The summed E-state index contributed by atoms with van der Waals surface area (Å²) in [6, 6.07) is 0. The average Bonchev–Trinajstić information content (AvgIpc) is 2.28. The second-order valence-electron chi connectivity index (χ2n) is 2.33. The first-order valence-electron chi connectivity index (χ1n) is 3.40. The van der Waals surface area contributed by atoms with Gasteiger partial charge in [0.2, 0.25) is 5.91 Å². The zero-order valence-electron chi connectivity index (χ0n) is 6.49. The van der Waals surface area contributed by atoms with Gasteiger partial charge < -0.3 is 0 Å². The molecule has 0 aromatic rings. The third-order valence-electron chi connectivity index (χ3n) is 1.29. The SMILES string of the molecule is CC(=O)NON1C(=O)CCC1=O. The molecular formula is C6H8N2O4. The maximum atomic E-state index is 10.8. The first-order valence-corrected chi connectivity index (χ1v) is 3.40. The first kappa shape index (κ1) is 8.66. The van der Waals surface area contributed by atoms with Gasteiger partial charge in [0.25, 0.3) is 11.8 Å². The molecule has 0 aromatic heterocycles. The largest absolute Gasteiger partial charge is 0.273 e. The molecule has 1 aliphatic heterocycles. The van der Waals surface area contributed by atoms with Crippen molar-refractivity contribution in [1.29, 1.82) is 0 Å². The third-order valence-corrected chi connectivity index (χ3v) is 1.29. The van der Waals surface area contributed by atoms with Gasteiger partial charge in [0, 0.05) is 19.8 Å². The van der Waals surface area contributed by atoms with Gasteiger partial charge in [-0.2, -0.15) is 0 Å². The summed E-state index contributed by atoms with van der Waals surface area (Å²) in [5.74, 6) is -1.34. The lowest BCUT2D eigenvalue weighted by Gasteiger charge is -2.10. The fraction of sp³-hybridized carbons (Fsp3) is 0.500. The lowest BCUT2D eigenvalue weighted by molar-refractivity contribution is -0.208. The highest BCUT2D eigenvalue weighted by atomic mass is 16.8. The summed E-state index contributed by atoms with van der Waals surface area (Å²) < 4.78 is 0. The molecule has 0 aliphatic carbocycles. The number of hydrogen-bond acceptors (Lipinski definition) is 4. The van der Waals surface area contributed by atoms with E-state index in [0.717, 1.165) is 0 Å². The molecule has 0 radical (unpaired) electrons. The van der Waals surface area contributed by atoms with Crippen LogP contribution < -0.4 is 5.48 Å². The van der Waals surface area contributed by atoms with Crippen LogP contribution in [0.25, 0.3) is 0 Å². The molecule has 1 saturated heterocycles. The van der Waals surface area contributed by atoms with Crippen LogP contribution in [0.1, 0.15) is 19.8 Å². The Bertz CT molecular complexity index is 222. The van der Waals surface area contributed by atoms with E-state index >= 15 is 0 Å². The lowest BCUT2D eigenvalue weighted by Crippen LogP contribution is -2.37. The number of rotatable bonds is 2. The number of amides is 3. The number of imide groups is 1. The molecule has 12 heavy (non-hydrogen) atoms. The van der Waals surface area contributed by atoms with Crippen molar-refractivity contribution in [2.24, 2.45) is 0 Å². The lowest BCUT2D eigenvalue weighted by atomic mass is 10.4. The van der Waals surface area contributed by atoms with Crippen molar-refractivity contribution in [1.82, 2.24) is 10.5 Å². The van der Waals surface area contributed by atoms with Gasteiger partial charge in [-0.15, -0.1) is 10.0 Å². The second kappa shape index (κ2) is 3.31. The molecular weight excluding hydrogens is 164 g/mol. The van der Waals surface area contributed by atoms with Gasteiger partial charge in [0.1, 0.15) is 0 Å². The quantitative estimate of drug-likeness (QED) is 0.433. The molecule has 0 atom stereocenters. The Morgan fingerprint density at radius 2 is 1.92 bits per heavy atom. The van der Waals surface area contributed by atoms with Crippen molar-refractivity contribution >= 4 is 17.7 Å². The molecule has 0 unspecified atom stereocenters. The minimum absolute atomic E-state index is 0.137. The molecule has 1 aliphatic rings. The van der Waals surface area contributed by atoms with Gasteiger partial charge in [-0.25, -0.2) is 5.48 Å². The van der Waals surface area contributed by atoms with E-state index < -0.39 is 17.7 Å². The summed E-state index contributed by atoms with van der Waals surface area (Å²) in [5, 5.41) is 0.557. The second-order valence-corrected chi connectivity index (χ2v) is 2.33. The van der Waals surface area contributed by atoms with E-state index in [1.54, 1.807) is 0 Å². The highest BCUT2D eigenvalue weighted by molar-refractivity contribution is 6.00. The van der Waals surface area contributed by atoms with Crippen molar-refractivity contribution in [3.63, 3.8) is 0 Å². The van der Waals surface area contributed by atoms with E-state index in [9.17, 15) is 14.4 Å². The average molecular weight is 172 g/mol. The summed E-state index contributed by atoms with van der Waals surface area (Å²) in [5.41, 5.74) is 1.89. The molecule has 0 bridgehead atoms. The summed E-state index contributed by atoms with van der Waals surface area (Å²) in [4.78, 5) is 36.4. The van der Waals surface area contributed by atoms with E-state index in [0.29, 0.717) is 5.06 Å². The van der Waals surface area contributed by atoms with Crippen LogP contribution in [0.3, 0.4) is 0 Å². The highest BCUT2D eigenvalue weighted by Crippen LogP contribution is 2.10. The van der Waals surface area contributed by atoms with Crippen LogP contribution in [0.2, 0.25) is 0 Å². The van der Waals surface area contributed by atoms with E-state index in [4.69, 9.17) is 0 Å². The number of carbonyl (C=O) groups is 3. The molecule has 3 amide bonds. The van der Waals surface area contributed by atoms with E-state index in [2.05, 4.69) is 4.94 Å². The number of hydroxylamine groups is 3. The zero-order chi connectivity index (χ0) is 9.14. The summed E-state index contributed by atoms with van der Waals surface area (Å²) in [6.45, 7) is 1.21. The van der Waals surface area contributed by atoms with Gasteiger partial charge in [0.15, 0.2) is 0 Å². The van der Waals surface area contributed by atoms with Crippen LogP contribution in [-0.2, 0) is 19.3 Å². The van der Waals surface area contributed by atoms with Crippen LogP contribution >= 0.6 is 0 Å². The minimum atomic E-state index is -0.470. The summed E-state index contributed by atoms with van der Waals surface area (Å²) in [7, 11) is 0. The molecule has 6 nitrogen and oxygen atoms in total. The van der Waals surface area contributed by atoms with Crippen molar-refractivity contribution in [2.45, 2.75) is 19.8 Å². The fourth-order valence-corrected chi connectivity index (χ4v) is 0.768. The molecule has 0 spiro atoms. The van der Waals surface area contributed by atoms with Crippen molar-refractivity contribution in [3.05, 3.63) is 0 Å². The smallest absolute Gasteiger partial charge is 0.256 e. The Kier molecular flexibility index (Phi) is 2.39. The molecule has 1 heterocycles. The molecule has 0 aromatic carbocycles. The van der Waals surface area contributed by atoms with E-state index in [1.807, 2.05) is 5.48 Å². The van der Waals surface area contributed by atoms with Gasteiger partial charge >= 0.3 is 0 Å². The Hall–Kier alpha value is -1.43. The molecule has 1 fully saturated rings. The molecule has 66 valence electrons. The van der Waals surface area contributed by atoms with Gasteiger partial charge in [-0.1, -0.05) is 0 Å². The van der Waals surface area contributed by atoms with Gasteiger partial charge in [-0.05, 0) is 0 Å². The van der Waals surface area contributed by atoms with Crippen LogP contribution in [-0.4, -0.2) is 22.8 Å². The van der Waals surface area contributed by atoms with Crippen molar-refractivity contribution in [2.75, 3.05) is 0 Å². The Balaban J connectivity index is 2.45. The molecule has 6 heteroatoms. The van der Waals surface area contributed by atoms with Gasteiger partial charge in [0.05, 0.1) is 0 Å². The molecule has 1 rings (SSSR count). The normalized spacial score (nSPS) is 16.9. The topological polar surface area (TPSA) is 75.7 Å². The zero-order valence-corrected chi connectivity index (χ0v) is 6.49. The van der Waals surface area contributed by atoms with Crippen molar-refractivity contribution < 1.29 is 19.3 Å². The third kappa shape index (κ3) is 1.79. The van der Waals surface area contributed by atoms with Crippen LogP contribution in [0.4, 0.5) is 0 Å². The summed E-state index contributed by atoms with van der Waals surface area (Å²) in [6.07, 6.45) is 0.275. The molecule has 1 N–H and O–H groups in total. The Morgan fingerprint density at radius 1 is 1.42 bits per heavy atom. The standard InChI is InChI=1S/C6H8N2O4/c1-4(9)7-12-8-5(10)2-3-6(8)11/h2-3H2,1H3,(H,7,9). The highest BCUT2D eigenvalue weighted by Gasteiger charge is 2.30. The van der Waals surface area contributed by atoms with E-state index in [-0.39, 0.29) is 12.8 Å². The number of nitrogens with one attached hydrogen (secondary N) is 1. The maximum absolute atomic E-state index is 10.8. The minimum Gasteiger partial charge on any atom is -0.273 e. The Labute approximate surface area is 68.4 Å². The van der Waals surface area contributed by atoms with Crippen LogP contribution in [0.15, 0.2) is 0 Å². The Morgan fingerprint density at radius 3 is 2.33 bits per heavy atom. The predicted octanol–water partition coefficient (Wildman–Crippen LogP) is -0.882. The maximum Gasteiger partial charge on any atom is 0.256 e. The van der Waals surface area contributed by atoms with Crippen LogP contribution in [0, 0.1) is 0 Å². The number of carbonyl (C=O) groups excluding carboxylic acids is 3. The summed E-state index contributed by atoms with van der Waals surface area (Å²) >= 11 is 0. The number of nitrogens with zero attached hydrogens (tertiary/aromatic N) is 1. The predicted molar refractivity (Wildman–Crippen MR) is 36.0 cm³/mol. The van der Waals surface area contributed by atoms with Gasteiger partial charge in [-0.3, -0.25) is 14.4 Å². The fourth-order valence-electron chi connectivity index (χ4n) is 0.768. The number of hydrogen-bond donors (Lipinski definition) is 1. The monoisotopic (exact) mass is 172 g/mol. The molecule has 0 saturated carbocycles.